The molecule has 19 heavy (non-hydrogen) atoms. The molecule has 0 spiro atoms. The Labute approximate surface area is 123 Å². The highest BCUT2D eigenvalue weighted by atomic mass is 35.5. The zero-order chi connectivity index (χ0) is 14.8. The molecule has 0 heterocycles. The monoisotopic (exact) mass is 322 g/mol. The molecule has 0 fully saturated rings. The van der Waals surface area contributed by atoms with Crippen molar-refractivity contribution in [2.24, 2.45) is 0 Å². The lowest BCUT2D eigenvalue weighted by Gasteiger charge is -2.25. The van der Waals surface area contributed by atoms with Gasteiger partial charge in [-0.15, -0.1) is 6.58 Å². The number of nitrogens with zero attached hydrogens (tertiary/aromatic N) is 1. The van der Waals surface area contributed by atoms with Crippen LogP contribution in [0.3, 0.4) is 0 Å². The van der Waals surface area contributed by atoms with Crippen LogP contribution in [0.1, 0.15) is 13.8 Å². The van der Waals surface area contributed by atoms with Crippen LogP contribution < -0.4 is 5.73 Å². The SMILES string of the molecule is C=CCN(C(C)C)S(=O)(=O)c1ccc(Cl)c(N)c1Cl. The fraction of sp³-hybridized carbons (Fsp3) is 0.333. The van der Waals surface area contributed by atoms with Crippen molar-refractivity contribution in [3.63, 3.8) is 0 Å². The molecular formula is C12H16Cl2N2O2S. The number of sulfonamides is 1. The fourth-order valence-electron chi connectivity index (χ4n) is 1.59. The van der Waals surface area contributed by atoms with Crippen LogP contribution in [-0.2, 0) is 10.0 Å². The zero-order valence-corrected chi connectivity index (χ0v) is 13.1. The van der Waals surface area contributed by atoms with Gasteiger partial charge >= 0.3 is 0 Å². The van der Waals surface area contributed by atoms with Crippen molar-refractivity contribution in [3.05, 3.63) is 34.8 Å². The lowest BCUT2D eigenvalue weighted by atomic mass is 10.3. The molecule has 4 nitrogen and oxygen atoms in total. The van der Waals surface area contributed by atoms with Crippen LogP contribution >= 0.6 is 23.2 Å². The number of halogens is 2. The average Bonchev–Trinajstić information content (AvgIpc) is 2.32. The molecule has 0 aliphatic carbocycles. The third-order valence-corrected chi connectivity index (χ3v) is 5.50. The molecule has 1 aromatic rings. The van der Waals surface area contributed by atoms with Crippen LogP contribution in [0.15, 0.2) is 29.7 Å². The van der Waals surface area contributed by atoms with Gasteiger partial charge in [-0.3, -0.25) is 0 Å². The smallest absolute Gasteiger partial charge is 0.245 e. The van der Waals surface area contributed by atoms with Gasteiger partial charge in [0, 0.05) is 12.6 Å². The molecule has 0 bridgehead atoms. The lowest BCUT2D eigenvalue weighted by Crippen LogP contribution is -2.37. The van der Waals surface area contributed by atoms with Crippen molar-refractivity contribution in [2.45, 2.75) is 24.8 Å². The summed E-state index contributed by atoms with van der Waals surface area (Å²) in [6, 6.07) is 2.55. The topological polar surface area (TPSA) is 63.4 Å². The van der Waals surface area contributed by atoms with E-state index in [1.54, 1.807) is 13.8 Å². The van der Waals surface area contributed by atoms with E-state index in [-0.39, 0.29) is 33.2 Å². The Morgan fingerprint density at radius 3 is 2.47 bits per heavy atom. The third kappa shape index (κ3) is 3.23. The first-order valence-corrected chi connectivity index (χ1v) is 7.79. The van der Waals surface area contributed by atoms with E-state index in [0.29, 0.717) is 0 Å². The van der Waals surface area contributed by atoms with Crippen LogP contribution in [0, 0.1) is 0 Å². The Kier molecular flexibility index (Phi) is 5.26. The summed E-state index contributed by atoms with van der Waals surface area (Å²) in [6.07, 6.45) is 1.52. The molecule has 7 heteroatoms. The predicted octanol–water partition coefficient (Wildman–Crippen LogP) is 3.16. The summed E-state index contributed by atoms with van der Waals surface area (Å²) in [4.78, 5) is -0.0494. The third-order valence-electron chi connectivity index (χ3n) is 2.56. The molecule has 0 saturated heterocycles. The molecule has 0 saturated carbocycles. The van der Waals surface area contributed by atoms with Gasteiger partial charge in [0.2, 0.25) is 10.0 Å². The summed E-state index contributed by atoms with van der Waals surface area (Å²) in [5.74, 6) is 0. The van der Waals surface area contributed by atoms with Gasteiger partial charge in [0.25, 0.3) is 0 Å². The molecule has 2 N–H and O–H groups in total. The molecule has 1 aromatic carbocycles. The quantitative estimate of drug-likeness (QED) is 0.669. The van der Waals surface area contributed by atoms with E-state index >= 15 is 0 Å². The van der Waals surface area contributed by atoms with Gasteiger partial charge < -0.3 is 5.73 Å². The van der Waals surface area contributed by atoms with Crippen molar-refractivity contribution in [1.82, 2.24) is 4.31 Å². The Bertz CT molecular complexity index is 586. The summed E-state index contributed by atoms with van der Waals surface area (Å²) in [5.41, 5.74) is 5.72. The summed E-state index contributed by atoms with van der Waals surface area (Å²) < 4.78 is 26.4. The van der Waals surface area contributed by atoms with E-state index in [4.69, 9.17) is 28.9 Å². The number of nitrogens with two attached hydrogens (primary N) is 1. The molecule has 1 rings (SSSR count). The van der Waals surface area contributed by atoms with Crippen LogP contribution in [0.2, 0.25) is 10.0 Å². The van der Waals surface area contributed by atoms with Crippen molar-refractivity contribution in [3.8, 4) is 0 Å². The summed E-state index contributed by atoms with van der Waals surface area (Å²) in [5, 5.41) is 0.172. The normalized spacial score (nSPS) is 12.1. The highest BCUT2D eigenvalue weighted by Gasteiger charge is 2.29. The molecule has 0 radical (unpaired) electrons. The Balaban J connectivity index is 3.42. The van der Waals surface area contributed by atoms with Gasteiger partial charge in [-0.25, -0.2) is 8.42 Å². The molecule has 0 aliphatic heterocycles. The highest BCUT2D eigenvalue weighted by molar-refractivity contribution is 7.89. The minimum absolute atomic E-state index is 0.0494. The van der Waals surface area contributed by atoms with Crippen LogP contribution in [0.4, 0.5) is 5.69 Å². The molecule has 0 atom stereocenters. The number of rotatable bonds is 5. The summed E-state index contributed by atoms with van der Waals surface area (Å²) in [7, 11) is -3.74. The van der Waals surface area contributed by atoms with E-state index in [2.05, 4.69) is 6.58 Å². The maximum Gasteiger partial charge on any atom is 0.245 e. The minimum Gasteiger partial charge on any atom is -0.396 e. The predicted molar refractivity (Wildman–Crippen MR) is 80.1 cm³/mol. The van der Waals surface area contributed by atoms with Crippen molar-refractivity contribution in [2.75, 3.05) is 12.3 Å². The number of nitrogen functional groups attached to an aromatic ring is 1. The first kappa shape index (κ1) is 16.3. The second-order valence-electron chi connectivity index (χ2n) is 4.23. The summed E-state index contributed by atoms with van der Waals surface area (Å²) in [6.45, 7) is 7.30. The molecule has 0 amide bonds. The number of hydrogen-bond donors (Lipinski definition) is 1. The van der Waals surface area contributed by atoms with E-state index in [1.807, 2.05) is 0 Å². The maximum absolute atomic E-state index is 12.5. The Morgan fingerprint density at radius 2 is 2.00 bits per heavy atom. The lowest BCUT2D eigenvalue weighted by molar-refractivity contribution is 0.383. The Morgan fingerprint density at radius 1 is 1.42 bits per heavy atom. The van der Waals surface area contributed by atoms with Gasteiger partial charge in [-0.1, -0.05) is 29.3 Å². The Hall–Kier alpha value is -0.750. The minimum atomic E-state index is -3.74. The fourth-order valence-corrected chi connectivity index (χ4v) is 3.94. The zero-order valence-electron chi connectivity index (χ0n) is 10.7. The van der Waals surface area contributed by atoms with E-state index in [0.717, 1.165) is 0 Å². The molecular weight excluding hydrogens is 307 g/mol. The number of anilines is 1. The van der Waals surface area contributed by atoms with Gasteiger partial charge in [0.1, 0.15) is 4.90 Å². The summed E-state index contributed by atoms with van der Waals surface area (Å²) >= 11 is 11.8. The van der Waals surface area contributed by atoms with Crippen molar-refractivity contribution >= 4 is 38.9 Å². The highest BCUT2D eigenvalue weighted by Crippen LogP contribution is 2.34. The largest absolute Gasteiger partial charge is 0.396 e. The molecule has 0 unspecified atom stereocenters. The first-order valence-electron chi connectivity index (χ1n) is 5.59. The number of benzene rings is 1. The maximum atomic E-state index is 12.5. The second-order valence-corrected chi connectivity index (χ2v) is 6.87. The molecule has 0 aromatic heterocycles. The van der Waals surface area contributed by atoms with Crippen LogP contribution in [0.5, 0.6) is 0 Å². The first-order chi connectivity index (χ1) is 8.73. The van der Waals surface area contributed by atoms with Crippen molar-refractivity contribution < 1.29 is 8.42 Å². The van der Waals surface area contributed by atoms with Crippen LogP contribution in [-0.4, -0.2) is 25.3 Å². The van der Waals surface area contributed by atoms with Crippen molar-refractivity contribution in [1.29, 1.82) is 0 Å². The van der Waals surface area contributed by atoms with Gasteiger partial charge in [-0.05, 0) is 26.0 Å². The van der Waals surface area contributed by atoms with Gasteiger partial charge in [-0.2, -0.15) is 4.31 Å². The molecule has 0 aliphatic rings. The van der Waals surface area contributed by atoms with Gasteiger partial charge in [0.05, 0.1) is 15.7 Å². The average molecular weight is 323 g/mol. The second kappa shape index (κ2) is 6.13. The van der Waals surface area contributed by atoms with E-state index in [9.17, 15) is 8.42 Å². The van der Waals surface area contributed by atoms with Crippen LogP contribution in [0.25, 0.3) is 0 Å². The van der Waals surface area contributed by atoms with E-state index in [1.165, 1.54) is 22.5 Å². The number of hydrogen-bond acceptors (Lipinski definition) is 3. The van der Waals surface area contributed by atoms with E-state index < -0.39 is 10.0 Å². The molecule has 106 valence electrons. The standard InChI is InChI=1S/C12H16Cl2N2O2S/c1-4-7-16(8(2)3)19(17,18)10-6-5-9(13)12(15)11(10)14/h4-6,8H,1,7,15H2,2-3H3. The van der Waals surface area contributed by atoms with Gasteiger partial charge in [0.15, 0.2) is 0 Å².